The average Bonchev–Trinajstić information content (AvgIpc) is 3.03. The predicted octanol–water partition coefficient (Wildman–Crippen LogP) is 8.24. The highest BCUT2D eigenvalue weighted by atomic mass is 16.1. The second kappa shape index (κ2) is 13.0. The van der Waals surface area contributed by atoms with Crippen molar-refractivity contribution in [3.05, 3.63) is 179 Å². The van der Waals surface area contributed by atoms with Crippen LogP contribution in [0.5, 0.6) is 0 Å². The van der Waals surface area contributed by atoms with Crippen LogP contribution in [-0.2, 0) is 6.54 Å². The van der Waals surface area contributed by atoms with E-state index in [0.29, 0.717) is 17.8 Å². The fraction of sp³-hybridized carbons (Fsp3) is 0.0270. The van der Waals surface area contributed by atoms with Gasteiger partial charge in [0.1, 0.15) is 0 Å². The summed E-state index contributed by atoms with van der Waals surface area (Å²) in [6.07, 6.45) is 5.42. The SMILES string of the molecule is N/C(=C\C(=NCc1ccccc1)c1cc(/C=C/C(=O)c2ccccc2)cc(-c2ccccc2)c1)c1ccccc1. The van der Waals surface area contributed by atoms with E-state index in [-0.39, 0.29) is 5.78 Å². The van der Waals surface area contributed by atoms with Crippen LogP contribution in [-0.4, -0.2) is 11.5 Å². The van der Waals surface area contributed by atoms with Crippen LogP contribution in [0, 0.1) is 0 Å². The predicted molar refractivity (Wildman–Crippen MR) is 167 cm³/mol. The molecule has 0 saturated carbocycles. The highest BCUT2D eigenvalue weighted by Gasteiger charge is 2.09. The molecular formula is C37H30N2O. The van der Waals surface area contributed by atoms with E-state index in [2.05, 4.69) is 42.5 Å². The van der Waals surface area contributed by atoms with E-state index in [0.717, 1.165) is 39.1 Å². The minimum atomic E-state index is -0.0431. The van der Waals surface area contributed by atoms with Crippen molar-refractivity contribution in [2.45, 2.75) is 6.54 Å². The summed E-state index contributed by atoms with van der Waals surface area (Å²) in [6, 6.07) is 45.8. The van der Waals surface area contributed by atoms with Gasteiger partial charge in [0.25, 0.3) is 0 Å². The Morgan fingerprint density at radius 1 is 0.625 bits per heavy atom. The summed E-state index contributed by atoms with van der Waals surface area (Å²) in [4.78, 5) is 17.8. The number of carbonyl (C=O) groups is 1. The number of aliphatic imine (C=N–C) groups is 1. The van der Waals surface area contributed by atoms with Crippen molar-refractivity contribution in [2.24, 2.45) is 10.7 Å². The van der Waals surface area contributed by atoms with E-state index in [4.69, 9.17) is 10.7 Å². The lowest BCUT2D eigenvalue weighted by Crippen LogP contribution is -2.05. The van der Waals surface area contributed by atoms with E-state index in [9.17, 15) is 4.79 Å². The first-order valence-electron chi connectivity index (χ1n) is 13.2. The van der Waals surface area contributed by atoms with Gasteiger partial charge in [0.2, 0.25) is 0 Å². The number of carbonyl (C=O) groups excluding carboxylic acids is 1. The summed E-state index contributed by atoms with van der Waals surface area (Å²) >= 11 is 0. The van der Waals surface area contributed by atoms with E-state index in [1.807, 2.05) is 109 Å². The number of ketones is 1. The van der Waals surface area contributed by atoms with Gasteiger partial charge in [-0.3, -0.25) is 9.79 Å². The van der Waals surface area contributed by atoms with Gasteiger partial charge in [-0.2, -0.15) is 0 Å². The molecule has 2 N–H and O–H groups in total. The number of hydrogen-bond donors (Lipinski definition) is 1. The maximum absolute atomic E-state index is 12.8. The maximum Gasteiger partial charge on any atom is 0.185 e. The Balaban J connectivity index is 1.60. The van der Waals surface area contributed by atoms with Gasteiger partial charge in [0, 0.05) is 16.8 Å². The number of nitrogens with zero attached hydrogens (tertiary/aromatic N) is 1. The molecule has 0 aromatic heterocycles. The van der Waals surface area contributed by atoms with E-state index in [1.54, 1.807) is 6.08 Å². The Morgan fingerprint density at radius 3 is 1.85 bits per heavy atom. The Kier molecular flexibility index (Phi) is 8.55. The first kappa shape index (κ1) is 26.3. The zero-order valence-corrected chi connectivity index (χ0v) is 22.2. The minimum Gasteiger partial charge on any atom is -0.398 e. The fourth-order valence-corrected chi connectivity index (χ4v) is 4.40. The molecule has 0 aliphatic rings. The fourth-order valence-electron chi connectivity index (χ4n) is 4.40. The number of nitrogens with two attached hydrogens (primary N) is 1. The Morgan fingerprint density at radius 2 is 1.20 bits per heavy atom. The molecule has 5 aromatic carbocycles. The number of hydrogen-bond acceptors (Lipinski definition) is 3. The Bertz CT molecular complexity index is 1650. The van der Waals surface area contributed by atoms with Crippen molar-refractivity contribution >= 4 is 23.3 Å². The van der Waals surface area contributed by atoms with Crippen LogP contribution in [0.2, 0.25) is 0 Å². The van der Waals surface area contributed by atoms with E-state index in [1.165, 1.54) is 0 Å². The van der Waals surface area contributed by atoms with Crippen LogP contribution in [0.3, 0.4) is 0 Å². The molecule has 5 rings (SSSR count). The molecule has 3 heteroatoms. The van der Waals surface area contributed by atoms with Crippen molar-refractivity contribution < 1.29 is 4.79 Å². The molecule has 0 spiro atoms. The molecule has 3 nitrogen and oxygen atoms in total. The summed E-state index contributed by atoms with van der Waals surface area (Å²) < 4.78 is 0. The topological polar surface area (TPSA) is 55.4 Å². The molecule has 0 radical (unpaired) electrons. The molecular weight excluding hydrogens is 488 g/mol. The third-order valence-electron chi connectivity index (χ3n) is 6.52. The van der Waals surface area contributed by atoms with Crippen molar-refractivity contribution in [1.82, 2.24) is 0 Å². The third kappa shape index (κ3) is 6.97. The largest absolute Gasteiger partial charge is 0.398 e. The van der Waals surface area contributed by atoms with Gasteiger partial charge in [0.05, 0.1) is 12.3 Å². The standard InChI is InChI=1S/C37H30N2O/c38-35(31-17-9-3-10-18-31)26-36(39-27-28-13-5-1-6-14-28)34-24-29(21-22-37(40)32-19-11-4-12-20-32)23-33(25-34)30-15-7-2-8-16-30/h1-26H,27,38H2/b22-21+,35-26-,39-36?. The molecule has 0 fully saturated rings. The molecule has 0 heterocycles. The quantitative estimate of drug-likeness (QED) is 0.121. The van der Waals surface area contributed by atoms with Crippen LogP contribution < -0.4 is 5.73 Å². The summed E-state index contributed by atoms with van der Waals surface area (Å²) in [6.45, 7) is 0.516. The van der Waals surface area contributed by atoms with Gasteiger partial charge in [-0.25, -0.2) is 0 Å². The molecule has 0 unspecified atom stereocenters. The third-order valence-corrected chi connectivity index (χ3v) is 6.52. The lowest BCUT2D eigenvalue weighted by molar-refractivity contribution is 0.104. The number of allylic oxidation sites excluding steroid dienone is 2. The van der Waals surface area contributed by atoms with Crippen molar-refractivity contribution in [3.63, 3.8) is 0 Å². The zero-order chi connectivity index (χ0) is 27.6. The lowest BCUT2D eigenvalue weighted by atomic mass is 9.96. The number of rotatable bonds is 9. The Labute approximate surface area is 235 Å². The second-order valence-corrected chi connectivity index (χ2v) is 9.43. The van der Waals surface area contributed by atoms with Gasteiger partial charge in [0.15, 0.2) is 5.78 Å². The van der Waals surface area contributed by atoms with E-state index < -0.39 is 0 Å². The molecule has 5 aromatic rings. The smallest absolute Gasteiger partial charge is 0.185 e. The molecule has 194 valence electrons. The summed E-state index contributed by atoms with van der Waals surface area (Å²) in [7, 11) is 0. The van der Waals surface area contributed by atoms with Crippen molar-refractivity contribution in [2.75, 3.05) is 0 Å². The van der Waals surface area contributed by atoms with Crippen LogP contribution in [0.25, 0.3) is 22.9 Å². The molecule has 0 atom stereocenters. The zero-order valence-electron chi connectivity index (χ0n) is 22.2. The summed E-state index contributed by atoms with van der Waals surface area (Å²) in [5.41, 5.74) is 14.6. The van der Waals surface area contributed by atoms with Crippen molar-refractivity contribution in [1.29, 1.82) is 0 Å². The second-order valence-electron chi connectivity index (χ2n) is 9.43. The summed E-state index contributed by atoms with van der Waals surface area (Å²) in [5.74, 6) is -0.0431. The van der Waals surface area contributed by atoms with Gasteiger partial charge >= 0.3 is 0 Å². The maximum atomic E-state index is 12.8. The van der Waals surface area contributed by atoms with Crippen LogP contribution in [0.1, 0.15) is 32.6 Å². The van der Waals surface area contributed by atoms with Gasteiger partial charge in [-0.1, -0.05) is 127 Å². The average molecular weight is 519 g/mol. The molecule has 0 saturated heterocycles. The van der Waals surface area contributed by atoms with Gasteiger partial charge < -0.3 is 5.73 Å². The molecule has 0 aliphatic carbocycles. The minimum absolute atomic E-state index is 0.0431. The number of benzene rings is 5. The molecule has 0 aliphatic heterocycles. The first-order valence-corrected chi connectivity index (χ1v) is 13.2. The van der Waals surface area contributed by atoms with Gasteiger partial charge in [-0.15, -0.1) is 0 Å². The van der Waals surface area contributed by atoms with Gasteiger partial charge in [-0.05, 0) is 58.2 Å². The van der Waals surface area contributed by atoms with Crippen LogP contribution >= 0.6 is 0 Å². The van der Waals surface area contributed by atoms with Crippen LogP contribution in [0.4, 0.5) is 0 Å². The highest BCUT2D eigenvalue weighted by Crippen LogP contribution is 2.25. The monoisotopic (exact) mass is 518 g/mol. The Hall–Kier alpha value is -5.28. The van der Waals surface area contributed by atoms with Crippen LogP contribution in [0.15, 0.2) is 157 Å². The summed E-state index contributed by atoms with van der Waals surface area (Å²) in [5, 5.41) is 0. The molecule has 0 bridgehead atoms. The first-order chi connectivity index (χ1) is 19.7. The molecule has 0 amide bonds. The van der Waals surface area contributed by atoms with Crippen molar-refractivity contribution in [3.8, 4) is 11.1 Å². The highest BCUT2D eigenvalue weighted by molar-refractivity contribution is 6.13. The molecule has 40 heavy (non-hydrogen) atoms. The lowest BCUT2D eigenvalue weighted by Gasteiger charge is -2.11. The van der Waals surface area contributed by atoms with E-state index >= 15 is 0 Å². The normalized spacial score (nSPS) is 12.0.